The average molecular weight is 218 g/mol. The molecule has 2 N–H and O–H groups in total. The van der Waals surface area contributed by atoms with E-state index < -0.39 is 12.4 Å². The maximum Gasteiger partial charge on any atom is 0.180 e. The van der Waals surface area contributed by atoms with Crippen molar-refractivity contribution in [1.82, 2.24) is 0 Å². The van der Waals surface area contributed by atoms with Crippen LogP contribution in [-0.2, 0) is 4.74 Å². The van der Waals surface area contributed by atoms with Crippen LogP contribution in [0.1, 0.15) is 53.4 Å². The Kier molecular flexibility index (Phi) is 7.14. The fourth-order valence-corrected chi connectivity index (χ4v) is 1.27. The van der Waals surface area contributed by atoms with Gasteiger partial charge in [-0.15, -0.1) is 0 Å². The van der Waals surface area contributed by atoms with Crippen LogP contribution in [0.3, 0.4) is 0 Å². The first-order valence-corrected chi connectivity index (χ1v) is 5.84. The molecule has 0 bridgehead atoms. The third kappa shape index (κ3) is 8.85. The highest BCUT2D eigenvalue weighted by atomic mass is 16.6. The highest BCUT2D eigenvalue weighted by Crippen LogP contribution is 2.21. The van der Waals surface area contributed by atoms with Gasteiger partial charge in [-0.1, -0.05) is 34.1 Å². The van der Waals surface area contributed by atoms with Crippen LogP contribution in [-0.4, -0.2) is 29.2 Å². The van der Waals surface area contributed by atoms with Gasteiger partial charge in [0, 0.05) is 6.61 Å². The van der Waals surface area contributed by atoms with Crippen molar-refractivity contribution in [3.8, 4) is 0 Å². The molecule has 3 nitrogen and oxygen atoms in total. The Morgan fingerprint density at radius 3 is 2.20 bits per heavy atom. The molecule has 0 rings (SSSR count). The highest BCUT2D eigenvalue weighted by Gasteiger charge is 2.14. The quantitative estimate of drug-likeness (QED) is 0.509. The molecule has 2 unspecified atom stereocenters. The number of ether oxygens (including phenoxy) is 1. The summed E-state index contributed by atoms with van der Waals surface area (Å²) in [7, 11) is 0. The van der Waals surface area contributed by atoms with Crippen molar-refractivity contribution in [2.45, 2.75) is 65.8 Å². The van der Waals surface area contributed by atoms with Crippen molar-refractivity contribution in [1.29, 1.82) is 0 Å². The molecule has 0 radical (unpaired) electrons. The molecule has 0 aliphatic heterocycles. The van der Waals surface area contributed by atoms with Gasteiger partial charge >= 0.3 is 0 Å². The first kappa shape index (κ1) is 14.9. The first-order valence-electron chi connectivity index (χ1n) is 5.84. The normalized spacial score (nSPS) is 16.4. The molecule has 0 saturated heterocycles. The number of aliphatic hydroxyl groups excluding tert-OH is 2. The van der Waals surface area contributed by atoms with E-state index >= 15 is 0 Å². The fraction of sp³-hybridized carbons (Fsp3) is 1.00. The smallest absolute Gasteiger partial charge is 0.180 e. The Bertz CT molecular complexity index is 151. The second-order valence-electron chi connectivity index (χ2n) is 5.25. The monoisotopic (exact) mass is 218 g/mol. The molecular weight excluding hydrogens is 192 g/mol. The maximum atomic E-state index is 9.30. The largest absolute Gasteiger partial charge is 0.388 e. The van der Waals surface area contributed by atoms with E-state index in [9.17, 15) is 10.2 Å². The van der Waals surface area contributed by atoms with Gasteiger partial charge in [-0.2, -0.15) is 0 Å². The molecule has 0 saturated carbocycles. The average Bonchev–Trinajstić information content (AvgIpc) is 2.14. The Balaban J connectivity index is 3.39. The van der Waals surface area contributed by atoms with Gasteiger partial charge in [-0.25, -0.2) is 0 Å². The molecule has 0 spiro atoms. The summed E-state index contributed by atoms with van der Waals surface area (Å²) in [4.78, 5) is 0. The summed E-state index contributed by atoms with van der Waals surface area (Å²) in [5.41, 5.74) is 0.363. The van der Waals surface area contributed by atoms with Gasteiger partial charge < -0.3 is 14.9 Å². The van der Waals surface area contributed by atoms with E-state index in [1.165, 1.54) is 0 Å². The summed E-state index contributed by atoms with van der Waals surface area (Å²) < 4.78 is 5.11. The molecule has 0 aromatic carbocycles. The Labute approximate surface area is 93.5 Å². The van der Waals surface area contributed by atoms with E-state index in [-0.39, 0.29) is 0 Å². The molecule has 0 aliphatic rings. The first-order chi connectivity index (χ1) is 6.87. The Morgan fingerprint density at radius 2 is 1.73 bits per heavy atom. The minimum Gasteiger partial charge on any atom is -0.388 e. The lowest BCUT2D eigenvalue weighted by atomic mass is 9.90. The molecule has 0 fully saturated rings. The molecule has 0 aliphatic carbocycles. The number of hydrogen-bond donors (Lipinski definition) is 2. The van der Waals surface area contributed by atoms with Crippen molar-refractivity contribution in [2.75, 3.05) is 6.61 Å². The summed E-state index contributed by atoms with van der Waals surface area (Å²) in [6.45, 7) is 8.97. The van der Waals surface area contributed by atoms with Crippen molar-refractivity contribution in [3.05, 3.63) is 0 Å². The lowest BCUT2D eigenvalue weighted by Crippen LogP contribution is -2.28. The van der Waals surface area contributed by atoms with Crippen LogP contribution < -0.4 is 0 Å². The topological polar surface area (TPSA) is 49.7 Å². The summed E-state index contributed by atoms with van der Waals surface area (Å²) in [6.07, 6.45) is 1.92. The highest BCUT2D eigenvalue weighted by molar-refractivity contribution is 4.61. The van der Waals surface area contributed by atoms with Gasteiger partial charge in [0.15, 0.2) is 6.29 Å². The Hall–Kier alpha value is -0.120. The minimum absolute atomic E-state index is 0.363. The molecule has 0 amide bonds. The van der Waals surface area contributed by atoms with Gasteiger partial charge in [0.05, 0.1) is 0 Å². The lowest BCUT2D eigenvalue weighted by molar-refractivity contribution is -0.162. The third-order valence-electron chi connectivity index (χ3n) is 2.36. The molecule has 0 aromatic rings. The molecular formula is C12H26O3. The molecule has 2 atom stereocenters. The number of hydrogen-bond acceptors (Lipinski definition) is 3. The zero-order chi connectivity index (χ0) is 11.9. The predicted octanol–water partition coefficient (Wildman–Crippen LogP) is 2.31. The van der Waals surface area contributed by atoms with Crippen molar-refractivity contribution >= 4 is 0 Å². The zero-order valence-electron chi connectivity index (χ0n) is 10.5. The second kappa shape index (κ2) is 7.20. The van der Waals surface area contributed by atoms with Gasteiger partial charge in [-0.05, 0) is 24.7 Å². The predicted molar refractivity (Wildman–Crippen MR) is 61.6 cm³/mol. The zero-order valence-corrected chi connectivity index (χ0v) is 10.5. The van der Waals surface area contributed by atoms with Gasteiger partial charge in [0.2, 0.25) is 0 Å². The van der Waals surface area contributed by atoms with Crippen molar-refractivity contribution in [3.63, 3.8) is 0 Å². The van der Waals surface area contributed by atoms with Crippen LogP contribution in [0.2, 0.25) is 0 Å². The molecule has 92 valence electrons. The van der Waals surface area contributed by atoms with E-state index in [1.807, 2.05) is 6.92 Å². The number of aliphatic hydroxyl groups is 2. The maximum absolute atomic E-state index is 9.30. The van der Waals surface area contributed by atoms with Gasteiger partial charge in [0.25, 0.3) is 0 Å². The van der Waals surface area contributed by atoms with Crippen LogP contribution in [0.5, 0.6) is 0 Å². The van der Waals surface area contributed by atoms with Crippen LogP contribution in [0, 0.1) is 5.41 Å². The summed E-state index contributed by atoms with van der Waals surface area (Å²) >= 11 is 0. The molecule has 15 heavy (non-hydrogen) atoms. The van der Waals surface area contributed by atoms with E-state index in [0.717, 1.165) is 19.3 Å². The SMILES string of the molecule is CCC(O)C(O)OCCCCC(C)(C)C. The second-order valence-corrected chi connectivity index (χ2v) is 5.25. The van der Waals surface area contributed by atoms with Crippen LogP contribution in [0.25, 0.3) is 0 Å². The van der Waals surface area contributed by atoms with Crippen molar-refractivity contribution in [2.24, 2.45) is 5.41 Å². The summed E-state index contributed by atoms with van der Waals surface area (Å²) in [6, 6.07) is 0. The van der Waals surface area contributed by atoms with Crippen molar-refractivity contribution < 1.29 is 14.9 Å². The van der Waals surface area contributed by atoms with Crippen LogP contribution in [0.15, 0.2) is 0 Å². The minimum atomic E-state index is -1.02. The fourth-order valence-electron chi connectivity index (χ4n) is 1.27. The Morgan fingerprint density at radius 1 is 1.13 bits per heavy atom. The third-order valence-corrected chi connectivity index (χ3v) is 2.36. The number of unbranched alkanes of at least 4 members (excludes halogenated alkanes) is 1. The van der Waals surface area contributed by atoms with E-state index in [4.69, 9.17) is 4.74 Å². The molecule has 0 heterocycles. The van der Waals surface area contributed by atoms with E-state index in [0.29, 0.717) is 18.4 Å². The molecule has 0 aromatic heterocycles. The van der Waals surface area contributed by atoms with Crippen LogP contribution in [0.4, 0.5) is 0 Å². The number of rotatable bonds is 7. The van der Waals surface area contributed by atoms with Gasteiger partial charge in [0.1, 0.15) is 6.10 Å². The molecule has 3 heteroatoms. The van der Waals surface area contributed by atoms with Gasteiger partial charge in [-0.3, -0.25) is 0 Å². The summed E-state index contributed by atoms with van der Waals surface area (Å²) in [5.74, 6) is 0. The summed E-state index contributed by atoms with van der Waals surface area (Å²) in [5, 5.41) is 18.5. The van der Waals surface area contributed by atoms with Crippen LogP contribution >= 0.6 is 0 Å². The van der Waals surface area contributed by atoms with E-state index in [2.05, 4.69) is 20.8 Å². The van der Waals surface area contributed by atoms with E-state index in [1.54, 1.807) is 0 Å². The standard InChI is InChI=1S/C12H26O3/c1-5-10(13)11(14)15-9-7-6-8-12(2,3)4/h10-11,13-14H,5-9H2,1-4H3. The lowest BCUT2D eigenvalue weighted by Gasteiger charge is -2.19.